The molecular formula is C32H34N5O4S-. The van der Waals surface area contributed by atoms with Crippen molar-refractivity contribution >= 4 is 40.6 Å². The smallest absolute Gasteiger partial charge is 0.255 e. The summed E-state index contributed by atoms with van der Waals surface area (Å²) in [7, 11) is 3.78. The van der Waals surface area contributed by atoms with Gasteiger partial charge in [-0.25, -0.2) is 0 Å². The number of nitrogens with zero attached hydrogens (tertiary/aromatic N) is 2. The number of rotatable bonds is 12. The van der Waals surface area contributed by atoms with E-state index in [4.69, 9.17) is 5.73 Å². The number of carbonyl (C=O) groups is 3. The van der Waals surface area contributed by atoms with Crippen LogP contribution >= 0.6 is 11.3 Å². The van der Waals surface area contributed by atoms with Crippen LogP contribution in [0.4, 0.5) is 16.2 Å². The Labute approximate surface area is 249 Å². The summed E-state index contributed by atoms with van der Waals surface area (Å²) >= 11 is 1.60. The number of hydrogen-bond donors (Lipinski definition) is 3. The third-order valence-electron chi connectivity index (χ3n) is 6.72. The molecule has 42 heavy (non-hydrogen) atoms. The summed E-state index contributed by atoms with van der Waals surface area (Å²) in [4.78, 5) is 42.6. The molecule has 1 heterocycles. The second-order valence-corrected chi connectivity index (χ2v) is 11.1. The Hall–Kier alpha value is -4.67. The van der Waals surface area contributed by atoms with E-state index in [0.717, 1.165) is 20.9 Å². The first kappa shape index (κ1) is 30.3. The second-order valence-electron chi connectivity index (χ2n) is 10.1. The van der Waals surface area contributed by atoms with Gasteiger partial charge in [-0.15, -0.1) is 11.3 Å². The SMILES string of the molecule is CN(C)CCNC(=O)[C@H](Cc1ccc(C(=O)Nc2cc(-c3cccs3)ccc2N)cc1)N(Cc1ccccc1)C(=O)[O-]. The molecule has 0 aliphatic carbocycles. The Balaban J connectivity index is 1.50. The quantitative estimate of drug-likeness (QED) is 0.218. The molecule has 4 aromatic rings. The van der Waals surface area contributed by atoms with Gasteiger partial charge in [0.15, 0.2) is 0 Å². The number of nitrogen functional groups attached to an aromatic ring is 1. The number of likely N-dealkylation sites (N-methyl/N-ethyl adjacent to an activating group) is 1. The molecule has 0 saturated carbocycles. The minimum Gasteiger partial charge on any atom is -0.530 e. The highest BCUT2D eigenvalue weighted by molar-refractivity contribution is 7.13. The van der Waals surface area contributed by atoms with Gasteiger partial charge in [-0.3, -0.25) is 9.59 Å². The Morgan fingerprint density at radius 1 is 0.929 bits per heavy atom. The second kappa shape index (κ2) is 14.3. The molecule has 1 aromatic heterocycles. The molecule has 0 radical (unpaired) electrons. The van der Waals surface area contributed by atoms with E-state index >= 15 is 0 Å². The van der Waals surface area contributed by atoms with E-state index in [0.29, 0.717) is 35.6 Å². The van der Waals surface area contributed by atoms with Crippen LogP contribution in [-0.4, -0.2) is 60.9 Å². The number of carbonyl (C=O) groups excluding carboxylic acids is 3. The maximum absolute atomic E-state index is 13.3. The number of anilines is 2. The van der Waals surface area contributed by atoms with Gasteiger partial charge in [0.2, 0.25) is 5.91 Å². The molecule has 0 spiro atoms. The monoisotopic (exact) mass is 584 g/mol. The molecule has 3 aromatic carbocycles. The first-order chi connectivity index (χ1) is 20.2. The van der Waals surface area contributed by atoms with Gasteiger partial charge < -0.3 is 36.1 Å². The number of hydrogen-bond acceptors (Lipinski definition) is 7. The number of benzene rings is 3. The molecular weight excluding hydrogens is 550 g/mol. The van der Waals surface area contributed by atoms with Crippen molar-refractivity contribution in [3.8, 4) is 10.4 Å². The Kier molecular flexibility index (Phi) is 10.3. The van der Waals surface area contributed by atoms with E-state index in [1.54, 1.807) is 53.8 Å². The first-order valence-electron chi connectivity index (χ1n) is 13.5. The van der Waals surface area contributed by atoms with Crippen molar-refractivity contribution < 1.29 is 19.5 Å². The van der Waals surface area contributed by atoms with Crippen molar-refractivity contribution in [1.29, 1.82) is 0 Å². The average Bonchev–Trinajstić information content (AvgIpc) is 3.52. The molecule has 10 heteroatoms. The lowest BCUT2D eigenvalue weighted by Crippen LogP contribution is -2.54. The van der Waals surface area contributed by atoms with Crippen molar-refractivity contribution in [2.45, 2.75) is 19.0 Å². The number of amides is 3. The summed E-state index contributed by atoms with van der Waals surface area (Å²) in [5.74, 6) is -0.755. The molecule has 3 amide bonds. The zero-order valence-corrected chi connectivity index (χ0v) is 24.4. The van der Waals surface area contributed by atoms with Crippen molar-refractivity contribution in [1.82, 2.24) is 15.1 Å². The van der Waals surface area contributed by atoms with Crippen molar-refractivity contribution in [2.24, 2.45) is 0 Å². The summed E-state index contributed by atoms with van der Waals surface area (Å²) in [6, 6.07) is 24.2. The van der Waals surface area contributed by atoms with Crippen molar-refractivity contribution in [3.63, 3.8) is 0 Å². The molecule has 0 bridgehead atoms. The fraction of sp³-hybridized carbons (Fsp3) is 0.219. The minimum atomic E-state index is -1.44. The normalized spacial score (nSPS) is 11.6. The molecule has 218 valence electrons. The van der Waals surface area contributed by atoms with Crippen LogP contribution in [0.1, 0.15) is 21.5 Å². The predicted molar refractivity (Wildman–Crippen MR) is 165 cm³/mol. The summed E-state index contributed by atoms with van der Waals surface area (Å²) < 4.78 is 0. The van der Waals surface area contributed by atoms with Gasteiger partial charge >= 0.3 is 0 Å². The molecule has 0 aliphatic heterocycles. The van der Waals surface area contributed by atoms with Crippen molar-refractivity contribution in [2.75, 3.05) is 38.2 Å². The number of nitrogens with one attached hydrogen (secondary N) is 2. The summed E-state index contributed by atoms with van der Waals surface area (Å²) in [5.41, 5.74) is 9.86. The van der Waals surface area contributed by atoms with Crippen LogP contribution < -0.4 is 21.5 Å². The van der Waals surface area contributed by atoms with Gasteiger partial charge in [0, 0.05) is 36.5 Å². The Morgan fingerprint density at radius 2 is 1.67 bits per heavy atom. The highest BCUT2D eigenvalue weighted by Crippen LogP contribution is 2.30. The molecule has 0 saturated heterocycles. The number of carboxylic acid groups (broad SMARTS) is 1. The minimum absolute atomic E-state index is 0.00138. The number of thiophene rings is 1. The van der Waals surface area contributed by atoms with Crippen molar-refractivity contribution in [3.05, 3.63) is 107 Å². The molecule has 9 nitrogen and oxygen atoms in total. The van der Waals surface area contributed by atoms with Crippen LogP contribution in [0.2, 0.25) is 0 Å². The Morgan fingerprint density at radius 3 is 2.31 bits per heavy atom. The van der Waals surface area contributed by atoms with Gasteiger partial charge in [0.1, 0.15) is 12.1 Å². The fourth-order valence-corrected chi connectivity index (χ4v) is 5.14. The average molecular weight is 585 g/mol. The maximum Gasteiger partial charge on any atom is 0.255 e. The van der Waals surface area contributed by atoms with Crippen LogP contribution in [0, 0.1) is 0 Å². The summed E-state index contributed by atoms with van der Waals surface area (Å²) in [5, 5.41) is 19.9. The van der Waals surface area contributed by atoms with Gasteiger partial charge in [-0.2, -0.15) is 0 Å². The topological polar surface area (TPSA) is 131 Å². The third kappa shape index (κ3) is 8.18. The summed E-state index contributed by atoms with van der Waals surface area (Å²) in [6.07, 6.45) is -1.34. The van der Waals surface area contributed by atoms with Gasteiger partial charge in [0.25, 0.3) is 5.91 Å². The maximum atomic E-state index is 13.3. The standard InChI is InChI=1S/C32H35N5O4S/c1-36(2)17-16-34-31(39)28(37(32(40)41)21-23-7-4-3-5-8-23)19-22-10-12-24(13-11-22)30(38)35-27-20-25(14-15-26(27)33)29-9-6-18-42-29/h3-15,18,20,28H,16-17,19,21,33H2,1-2H3,(H,34,39)(H,35,38)(H,40,41)/p-1/t28-/m0/s1. The molecule has 4 rings (SSSR count). The predicted octanol–water partition coefficient (Wildman–Crippen LogP) is 3.68. The van der Waals surface area contributed by atoms with E-state index in [2.05, 4.69) is 10.6 Å². The lowest BCUT2D eigenvalue weighted by Gasteiger charge is -2.33. The van der Waals surface area contributed by atoms with E-state index in [9.17, 15) is 19.5 Å². The number of nitrogens with two attached hydrogens (primary N) is 1. The fourth-order valence-electron chi connectivity index (χ4n) is 4.42. The van der Waals surface area contributed by atoms with Crippen LogP contribution in [0.3, 0.4) is 0 Å². The largest absolute Gasteiger partial charge is 0.530 e. The van der Waals surface area contributed by atoms with Crippen LogP contribution in [-0.2, 0) is 17.8 Å². The zero-order chi connectivity index (χ0) is 30.1. The van der Waals surface area contributed by atoms with Gasteiger partial charge in [0.05, 0.1) is 11.4 Å². The molecule has 1 atom stereocenters. The van der Waals surface area contributed by atoms with Gasteiger partial charge in [-0.1, -0.05) is 54.6 Å². The summed E-state index contributed by atoms with van der Waals surface area (Å²) in [6.45, 7) is 0.971. The molecule has 4 N–H and O–H groups in total. The van der Waals surface area contributed by atoms with E-state index in [1.165, 1.54) is 0 Å². The molecule has 0 fully saturated rings. The van der Waals surface area contributed by atoms with E-state index in [-0.39, 0.29) is 18.9 Å². The van der Waals surface area contributed by atoms with Gasteiger partial charge in [-0.05, 0) is 66.5 Å². The molecule has 0 unspecified atom stereocenters. The van der Waals surface area contributed by atoms with Crippen LogP contribution in [0.15, 0.2) is 90.3 Å². The van der Waals surface area contributed by atoms with E-state index < -0.39 is 18.0 Å². The third-order valence-corrected chi connectivity index (χ3v) is 7.64. The van der Waals surface area contributed by atoms with E-state index in [1.807, 2.05) is 66.8 Å². The van der Waals surface area contributed by atoms with Crippen LogP contribution in [0.25, 0.3) is 10.4 Å². The highest BCUT2D eigenvalue weighted by atomic mass is 32.1. The Bertz CT molecular complexity index is 1490. The first-order valence-corrected chi connectivity index (χ1v) is 14.4. The van der Waals surface area contributed by atoms with Crippen LogP contribution in [0.5, 0.6) is 0 Å². The lowest BCUT2D eigenvalue weighted by molar-refractivity contribution is -0.268. The highest BCUT2D eigenvalue weighted by Gasteiger charge is 2.27. The molecule has 0 aliphatic rings. The lowest BCUT2D eigenvalue weighted by atomic mass is 10.0. The zero-order valence-electron chi connectivity index (χ0n) is 23.6.